The molecule has 0 heterocycles. The summed E-state index contributed by atoms with van der Waals surface area (Å²) in [6.45, 7) is 4.56. The number of unbranched alkanes of at least 4 members (excludes halogenated alkanes) is 9. The van der Waals surface area contributed by atoms with Crippen LogP contribution < -0.4 is 0 Å². The molecule has 2 unspecified atom stereocenters. The molecular formula is C50H82NO8+. The molecule has 0 aromatic carbocycles. The van der Waals surface area contributed by atoms with Crippen LogP contribution in [0.5, 0.6) is 0 Å². The maximum atomic E-state index is 12.7. The molecule has 1 N–H and O–H groups in total. The Labute approximate surface area is 359 Å². The lowest BCUT2D eigenvalue weighted by Crippen LogP contribution is -2.40. The number of ether oxygens (including phenoxy) is 4. The maximum Gasteiger partial charge on any atom is 0.361 e. The van der Waals surface area contributed by atoms with Crippen LogP contribution in [0.25, 0.3) is 0 Å². The van der Waals surface area contributed by atoms with Crippen molar-refractivity contribution in [3.05, 3.63) is 97.2 Å². The van der Waals surface area contributed by atoms with Crippen LogP contribution in [0, 0.1) is 0 Å². The van der Waals surface area contributed by atoms with Gasteiger partial charge in [-0.25, -0.2) is 4.79 Å². The summed E-state index contributed by atoms with van der Waals surface area (Å²) in [7, 11) is 5.91. The minimum Gasteiger partial charge on any atom is -0.477 e. The first kappa shape index (κ1) is 55.2. The molecule has 0 aromatic rings. The van der Waals surface area contributed by atoms with Crippen LogP contribution in [0.2, 0.25) is 0 Å². The number of rotatable bonds is 39. The van der Waals surface area contributed by atoms with Crippen LogP contribution >= 0.6 is 0 Å². The van der Waals surface area contributed by atoms with Crippen LogP contribution in [0.1, 0.15) is 142 Å². The Bertz CT molecular complexity index is 1280. The molecule has 0 spiro atoms. The summed E-state index contributed by atoms with van der Waals surface area (Å²) in [6.07, 6.45) is 50.7. The van der Waals surface area contributed by atoms with Crippen molar-refractivity contribution in [3.63, 3.8) is 0 Å². The molecule has 0 rings (SSSR count). The van der Waals surface area contributed by atoms with Crippen molar-refractivity contribution in [3.8, 4) is 0 Å². The van der Waals surface area contributed by atoms with Gasteiger partial charge < -0.3 is 28.5 Å². The topological polar surface area (TPSA) is 108 Å². The molecule has 9 nitrogen and oxygen atoms in total. The SMILES string of the molecule is CC/C=C\C/C=C\C/C=C\C/C=C\C/C=C\CC(=O)OC(COC(=O)CCCCCCCC/C=C\C/C=C\C/C=C\CCCCC)COC(OCC[N+](C)(C)C)C(=O)O. The monoisotopic (exact) mass is 825 g/mol. The molecule has 59 heavy (non-hydrogen) atoms. The Balaban J connectivity index is 4.59. The van der Waals surface area contributed by atoms with Crippen molar-refractivity contribution in [1.82, 2.24) is 0 Å². The molecule has 0 aliphatic heterocycles. The minimum atomic E-state index is -1.54. The van der Waals surface area contributed by atoms with Crippen LogP contribution in [-0.2, 0) is 33.3 Å². The van der Waals surface area contributed by atoms with E-state index in [1.165, 1.54) is 25.7 Å². The average Bonchev–Trinajstić information content (AvgIpc) is 3.19. The van der Waals surface area contributed by atoms with E-state index in [0.717, 1.165) is 77.0 Å². The molecule has 0 aromatic heterocycles. The van der Waals surface area contributed by atoms with Crippen LogP contribution in [-0.4, -0.2) is 87.4 Å². The number of carbonyl (C=O) groups is 3. The predicted octanol–water partition coefficient (Wildman–Crippen LogP) is 11.9. The Morgan fingerprint density at radius 2 is 1.02 bits per heavy atom. The molecule has 334 valence electrons. The van der Waals surface area contributed by atoms with Crippen LogP contribution in [0.15, 0.2) is 97.2 Å². The summed E-state index contributed by atoms with van der Waals surface area (Å²) in [5.74, 6) is -2.21. The molecule has 0 bridgehead atoms. The summed E-state index contributed by atoms with van der Waals surface area (Å²) in [6, 6.07) is 0. The zero-order valence-corrected chi connectivity index (χ0v) is 37.6. The van der Waals surface area contributed by atoms with Gasteiger partial charge in [0.2, 0.25) is 0 Å². The summed E-state index contributed by atoms with van der Waals surface area (Å²) in [5, 5.41) is 9.63. The van der Waals surface area contributed by atoms with Gasteiger partial charge in [-0.15, -0.1) is 0 Å². The number of nitrogens with zero attached hydrogens (tertiary/aromatic N) is 1. The van der Waals surface area contributed by atoms with Gasteiger partial charge in [-0.2, -0.15) is 0 Å². The first-order valence-electron chi connectivity index (χ1n) is 22.4. The summed E-state index contributed by atoms with van der Waals surface area (Å²) in [4.78, 5) is 37.0. The van der Waals surface area contributed by atoms with E-state index < -0.39 is 24.3 Å². The number of allylic oxidation sites excluding steroid dienone is 15. The number of carbonyl (C=O) groups excluding carboxylic acids is 2. The largest absolute Gasteiger partial charge is 0.477 e. The fourth-order valence-electron chi connectivity index (χ4n) is 5.39. The van der Waals surface area contributed by atoms with Crippen molar-refractivity contribution in [2.24, 2.45) is 0 Å². The molecule has 0 aliphatic carbocycles. The number of hydrogen-bond acceptors (Lipinski definition) is 7. The molecular weight excluding hydrogens is 743 g/mol. The number of hydrogen-bond donors (Lipinski definition) is 1. The van der Waals surface area contributed by atoms with Gasteiger partial charge in [0.05, 0.1) is 40.8 Å². The third-order valence-corrected chi connectivity index (χ3v) is 8.86. The van der Waals surface area contributed by atoms with Crippen LogP contribution in [0.3, 0.4) is 0 Å². The molecule has 2 atom stereocenters. The molecule has 0 saturated carbocycles. The summed E-state index contributed by atoms with van der Waals surface area (Å²) in [5.41, 5.74) is 0. The van der Waals surface area contributed by atoms with Crippen molar-refractivity contribution >= 4 is 17.9 Å². The number of carboxylic acid groups (broad SMARTS) is 1. The highest BCUT2D eigenvalue weighted by Gasteiger charge is 2.24. The molecule has 0 saturated heterocycles. The zero-order chi connectivity index (χ0) is 43.5. The van der Waals surface area contributed by atoms with E-state index in [1.807, 2.05) is 33.3 Å². The highest BCUT2D eigenvalue weighted by Crippen LogP contribution is 2.11. The minimum absolute atomic E-state index is 0.0192. The highest BCUT2D eigenvalue weighted by atomic mass is 16.7. The van der Waals surface area contributed by atoms with Crippen molar-refractivity contribution in [2.45, 2.75) is 155 Å². The second-order valence-corrected chi connectivity index (χ2v) is 15.6. The normalized spacial score (nSPS) is 13.8. The number of aliphatic carboxylic acids is 1. The first-order valence-corrected chi connectivity index (χ1v) is 22.4. The van der Waals surface area contributed by atoms with Gasteiger partial charge in [-0.1, -0.05) is 150 Å². The van der Waals surface area contributed by atoms with Crippen molar-refractivity contribution in [1.29, 1.82) is 0 Å². The van der Waals surface area contributed by atoms with E-state index in [9.17, 15) is 19.5 Å². The van der Waals surface area contributed by atoms with E-state index in [-0.39, 0.29) is 38.6 Å². The molecule has 0 aliphatic rings. The lowest BCUT2D eigenvalue weighted by atomic mass is 10.1. The Hall–Kier alpha value is -3.79. The van der Waals surface area contributed by atoms with Crippen molar-refractivity contribution < 1.29 is 42.9 Å². The van der Waals surface area contributed by atoms with E-state index in [4.69, 9.17) is 18.9 Å². The van der Waals surface area contributed by atoms with Crippen LogP contribution in [0.4, 0.5) is 0 Å². The van der Waals surface area contributed by atoms with Gasteiger partial charge in [-0.05, 0) is 77.0 Å². The van der Waals surface area contributed by atoms with Gasteiger partial charge in [0.1, 0.15) is 13.2 Å². The predicted molar refractivity (Wildman–Crippen MR) is 244 cm³/mol. The number of carboxylic acids is 1. The quantitative estimate of drug-likeness (QED) is 0.0215. The fraction of sp³-hybridized carbons (Fsp3) is 0.620. The third kappa shape index (κ3) is 42.1. The van der Waals surface area contributed by atoms with E-state index in [2.05, 4.69) is 92.8 Å². The number of quaternary nitrogens is 1. The smallest absolute Gasteiger partial charge is 0.361 e. The van der Waals surface area contributed by atoms with Gasteiger partial charge in [0, 0.05) is 6.42 Å². The Morgan fingerprint density at radius 3 is 1.53 bits per heavy atom. The lowest BCUT2D eigenvalue weighted by molar-refractivity contribution is -0.870. The molecule has 9 heteroatoms. The molecule has 0 radical (unpaired) electrons. The fourth-order valence-corrected chi connectivity index (χ4v) is 5.39. The molecule has 0 amide bonds. The molecule has 0 fully saturated rings. The van der Waals surface area contributed by atoms with Gasteiger partial charge in [0.15, 0.2) is 6.10 Å². The Kier molecular flexibility index (Phi) is 38.3. The summed E-state index contributed by atoms with van der Waals surface area (Å²) < 4.78 is 22.6. The summed E-state index contributed by atoms with van der Waals surface area (Å²) >= 11 is 0. The van der Waals surface area contributed by atoms with Crippen molar-refractivity contribution in [2.75, 3.05) is 47.5 Å². The van der Waals surface area contributed by atoms with E-state index in [1.54, 1.807) is 6.08 Å². The number of likely N-dealkylation sites (N-methyl/N-ethyl adjacent to an activating group) is 1. The standard InChI is InChI=1S/C50H81NO8/c1-6-8-10-12-14-16-18-20-22-23-24-25-27-28-30-32-34-36-38-40-47(52)57-44-46(45-58-50(49(54)55)56-43-42-51(3,4)5)59-48(53)41-39-37-35-33-31-29-26-21-19-17-15-13-11-9-7-2/h9,11,14-17,20-22,24-26,31,33,37,39,46,50H,6-8,10,12-13,18-19,23,27-30,32,34-36,38,40-45H2,1-5H3/p+1/b11-9-,16-14-,17-15-,22-20-,25-24-,26-21-,33-31-,39-37-. The number of esters is 2. The average molecular weight is 825 g/mol. The zero-order valence-electron chi connectivity index (χ0n) is 37.6. The maximum absolute atomic E-state index is 12.7. The second-order valence-electron chi connectivity index (χ2n) is 15.6. The van der Waals surface area contributed by atoms with Gasteiger partial charge in [-0.3, -0.25) is 9.59 Å². The second kappa shape index (κ2) is 41.0. The van der Waals surface area contributed by atoms with E-state index in [0.29, 0.717) is 23.9 Å². The third-order valence-electron chi connectivity index (χ3n) is 8.86. The van der Waals surface area contributed by atoms with E-state index >= 15 is 0 Å². The first-order chi connectivity index (χ1) is 28.6. The highest BCUT2D eigenvalue weighted by molar-refractivity contribution is 5.72. The lowest BCUT2D eigenvalue weighted by Gasteiger charge is -2.25. The Morgan fingerprint density at radius 1 is 0.542 bits per heavy atom. The van der Waals surface area contributed by atoms with Gasteiger partial charge >= 0.3 is 17.9 Å². The van der Waals surface area contributed by atoms with Gasteiger partial charge in [0.25, 0.3) is 6.29 Å².